The van der Waals surface area contributed by atoms with E-state index in [1.165, 1.54) is 63.8 Å². The number of phenols is 2. The Labute approximate surface area is 214 Å². The van der Waals surface area contributed by atoms with Crippen molar-refractivity contribution in [2.75, 3.05) is 0 Å². The zero-order valence-corrected chi connectivity index (χ0v) is 21.7. The van der Waals surface area contributed by atoms with E-state index in [2.05, 4.69) is 60.7 Å². The van der Waals surface area contributed by atoms with Gasteiger partial charge in [0.2, 0.25) is 0 Å². The van der Waals surface area contributed by atoms with Crippen LogP contribution in [0.5, 0.6) is 11.5 Å². The fraction of sp³-hybridized carbons (Fsp3) is 0.235. The summed E-state index contributed by atoms with van der Waals surface area (Å²) in [6, 6.07) is 21.6. The number of benzene rings is 4. The molecular weight excluding hydrogens is 440 g/mol. The van der Waals surface area contributed by atoms with Gasteiger partial charge in [-0.2, -0.15) is 0 Å². The van der Waals surface area contributed by atoms with Crippen LogP contribution in [-0.4, -0.2) is 10.2 Å². The highest BCUT2D eigenvalue weighted by atomic mass is 16.3. The molecule has 2 aliphatic carbocycles. The Kier molecular flexibility index (Phi) is 6.45. The van der Waals surface area contributed by atoms with Crippen molar-refractivity contribution < 1.29 is 10.2 Å². The van der Waals surface area contributed by atoms with Gasteiger partial charge in [-0.1, -0.05) is 48.6 Å². The predicted octanol–water partition coefficient (Wildman–Crippen LogP) is 8.41. The number of phenolic OH excluding ortho intramolecular Hbond substituents is 2. The molecule has 0 unspecified atom stereocenters. The van der Waals surface area contributed by atoms with Crippen molar-refractivity contribution in [1.82, 2.24) is 0 Å². The molecule has 0 heterocycles. The van der Waals surface area contributed by atoms with E-state index in [0.29, 0.717) is 11.5 Å². The zero-order chi connectivity index (χ0) is 25.4. The van der Waals surface area contributed by atoms with Crippen LogP contribution in [0.25, 0.3) is 28.3 Å². The molecule has 0 fully saturated rings. The highest BCUT2D eigenvalue weighted by molar-refractivity contribution is 5.72. The van der Waals surface area contributed by atoms with Gasteiger partial charge >= 0.3 is 0 Å². The molecule has 0 atom stereocenters. The zero-order valence-electron chi connectivity index (χ0n) is 21.7. The fourth-order valence-electron chi connectivity index (χ4n) is 5.43. The lowest BCUT2D eigenvalue weighted by Crippen LogP contribution is -1.87. The summed E-state index contributed by atoms with van der Waals surface area (Å²) in [5.41, 5.74) is 14.4. The minimum Gasteiger partial charge on any atom is -0.507 e. The van der Waals surface area contributed by atoms with Crippen molar-refractivity contribution in [3.8, 4) is 33.8 Å². The van der Waals surface area contributed by atoms with Gasteiger partial charge in [-0.05, 0) is 144 Å². The van der Waals surface area contributed by atoms with E-state index in [9.17, 15) is 10.2 Å². The topological polar surface area (TPSA) is 40.5 Å². The standard InChI is InChI=1S/C17H18O.C17H16O/c2*1-11-8-16(9-12(2)17(11)18)15-7-6-13-4-3-5-14(13)10-15/h6-10,18H,3-5H2,1-2H3;3-4,6-10,18H,5H2,1-2H3. The Balaban J connectivity index is 0.000000148. The molecule has 2 aliphatic rings. The Morgan fingerprint density at radius 3 is 1.61 bits per heavy atom. The minimum absolute atomic E-state index is 0.404. The first-order valence-corrected chi connectivity index (χ1v) is 12.8. The molecule has 182 valence electrons. The maximum Gasteiger partial charge on any atom is 0.121 e. The monoisotopic (exact) mass is 474 g/mol. The van der Waals surface area contributed by atoms with E-state index in [1.807, 2.05) is 39.8 Å². The summed E-state index contributed by atoms with van der Waals surface area (Å²) < 4.78 is 0. The largest absolute Gasteiger partial charge is 0.507 e. The molecule has 0 aromatic heterocycles. The van der Waals surface area contributed by atoms with E-state index in [4.69, 9.17) is 0 Å². The molecule has 0 aliphatic heterocycles. The summed E-state index contributed by atoms with van der Waals surface area (Å²) in [6.45, 7) is 7.81. The molecule has 6 rings (SSSR count). The quantitative estimate of drug-likeness (QED) is 0.306. The number of allylic oxidation sites excluding steroid dienone is 1. The molecule has 0 saturated heterocycles. The van der Waals surface area contributed by atoms with Crippen molar-refractivity contribution in [2.45, 2.75) is 53.4 Å². The molecular formula is C34H34O2. The Morgan fingerprint density at radius 1 is 0.528 bits per heavy atom. The van der Waals surface area contributed by atoms with Gasteiger partial charge < -0.3 is 10.2 Å². The lowest BCUT2D eigenvalue weighted by molar-refractivity contribution is 0.466. The summed E-state index contributed by atoms with van der Waals surface area (Å²) in [5, 5.41) is 19.7. The lowest BCUT2D eigenvalue weighted by Gasteiger charge is -2.09. The molecule has 4 aromatic rings. The maximum atomic E-state index is 9.83. The molecule has 0 amide bonds. The van der Waals surface area contributed by atoms with Crippen LogP contribution in [-0.2, 0) is 19.3 Å². The van der Waals surface area contributed by atoms with E-state index in [1.54, 1.807) is 0 Å². The molecule has 4 aromatic carbocycles. The summed E-state index contributed by atoms with van der Waals surface area (Å²) in [6.07, 6.45) is 9.11. The van der Waals surface area contributed by atoms with Gasteiger partial charge in [0, 0.05) is 0 Å². The number of hydrogen-bond acceptors (Lipinski definition) is 2. The van der Waals surface area contributed by atoms with Crippen LogP contribution >= 0.6 is 0 Å². The van der Waals surface area contributed by atoms with Crippen LogP contribution in [0, 0.1) is 27.7 Å². The smallest absolute Gasteiger partial charge is 0.121 e. The minimum atomic E-state index is 0.404. The second-order valence-corrected chi connectivity index (χ2v) is 10.3. The first-order chi connectivity index (χ1) is 17.3. The van der Waals surface area contributed by atoms with Gasteiger partial charge in [0.05, 0.1) is 0 Å². The molecule has 0 spiro atoms. The number of fused-ring (bicyclic) bond motifs is 2. The fourth-order valence-corrected chi connectivity index (χ4v) is 5.43. The maximum absolute atomic E-state index is 9.83. The molecule has 2 heteroatoms. The van der Waals surface area contributed by atoms with Crippen molar-refractivity contribution in [2.24, 2.45) is 0 Å². The number of aromatic hydroxyl groups is 2. The average Bonchev–Trinajstić information content (AvgIpc) is 3.54. The van der Waals surface area contributed by atoms with Gasteiger partial charge in [-0.3, -0.25) is 0 Å². The van der Waals surface area contributed by atoms with E-state index in [-0.39, 0.29) is 0 Å². The molecule has 0 bridgehead atoms. The van der Waals surface area contributed by atoms with Crippen molar-refractivity contribution in [3.63, 3.8) is 0 Å². The van der Waals surface area contributed by atoms with Gasteiger partial charge in [0.1, 0.15) is 11.5 Å². The normalized spacial score (nSPS) is 13.2. The van der Waals surface area contributed by atoms with Gasteiger partial charge in [-0.25, -0.2) is 0 Å². The third-order valence-electron chi connectivity index (χ3n) is 7.53. The highest BCUT2D eigenvalue weighted by Gasteiger charge is 2.13. The molecule has 36 heavy (non-hydrogen) atoms. The summed E-state index contributed by atoms with van der Waals surface area (Å²) in [7, 11) is 0. The Bertz CT molecular complexity index is 1380. The van der Waals surface area contributed by atoms with Crippen LogP contribution in [0.2, 0.25) is 0 Å². The number of aryl methyl sites for hydroxylation is 6. The van der Waals surface area contributed by atoms with Gasteiger partial charge in [-0.15, -0.1) is 0 Å². The first kappa shape index (κ1) is 23.9. The second kappa shape index (κ2) is 9.70. The Hall–Kier alpha value is -3.78. The highest BCUT2D eigenvalue weighted by Crippen LogP contribution is 2.33. The summed E-state index contributed by atoms with van der Waals surface area (Å²) in [5.74, 6) is 0.821. The third-order valence-corrected chi connectivity index (χ3v) is 7.53. The van der Waals surface area contributed by atoms with Crippen LogP contribution < -0.4 is 0 Å². The van der Waals surface area contributed by atoms with Crippen LogP contribution in [0.3, 0.4) is 0 Å². The number of rotatable bonds is 2. The van der Waals surface area contributed by atoms with E-state index >= 15 is 0 Å². The second-order valence-electron chi connectivity index (χ2n) is 10.3. The third kappa shape index (κ3) is 4.68. The van der Waals surface area contributed by atoms with Crippen LogP contribution in [0.4, 0.5) is 0 Å². The van der Waals surface area contributed by atoms with Crippen LogP contribution in [0.15, 0.2) is 66.7 Å². The molecule has 2 N–H and O–H groups in total. The van der Waals surface area contributed by atoms with E-state index < -0.39 is 0 Å². The van der Waals surface area contributed by atoms with Gasteiger partial charge in [0.25, 0.3) is 0 Å². The van der Waals surface area contributed by atoms with E-state index in [0.717, 1.165) is 28.7 Å². The average molecular weight is 475 g/mol. The van der Waals surface area contributed by atoms with Crippen molar-refractivity contribution >= 4 is 6.08 Å². The number of hydrogen-bond donors (Lipinski definition) is 2. The Morgan fingerprint density at radius 2 is 1.03 bits per heavy atom. The summed E-state index contributed by atoms with van der Waals surface area (Å²) in [4.78, 5) is 0. The van der Waals surface area contributed by atoms with Crippen LogP contribution in [0.1, 0.15) is 50.9 Å². The van der Waals surface area contributed by atoms with Gasteiger partial charge in [0.15, 0.2) is 0 Å². The van der Waals surface area contributed by atoms with Crippen molar-refractivity contribution in [3.05, 3.63) is 111 Å². The molecule has 2 nitrogen and oxygen atoms in total. The predicted molar refractivity (Wildman–Crippen MR) is 151 cm³/mol. The van der Waals surface area contributed by atoms with Crippen molar-refractivity contribution in [1.29, 1.82) is 0 Å². The molecule has 0 saturated carbocycles. The SMILES string of the molecule is Cc1cc(-c2ccc3c(c2)CC=C3)cc(C)c1O.Cc1cc(-c2ccc3c(c2)CCC3)cc(C)c1O. The molecule has 0 radical (unpaired) electrons. The first-order valence-electron chi connectivity index (χ1n) is 12.8. The summed E-state index contributed by atoms with van der Waals surface area (Å²) >= 11 is 0. The lowest BCUT2D eigenvalue weighted by atomic mass is 9.97.